The van der Waals surface area contributed by atoms with Crippen LogP contribution >= 0.6 is 23.5 Å². The number of thioether (sulfide) groups is 1. The summed E-state index contributed by atoms with van der Waals surface area (Å²) in [5.41, 5.74) is 2.86. The van der Waals surface area contributed by atoms with Crippen LogP contribution in [-0.4, -0.2) is 37.2 Å². The quantitative estimate of drug-likeness (QED) is 0.456. The molecular weight excluding hydrogens is 398 g/mol. The Hall–Kier alpha value is -2.98. The number of benzene rings is 2. The molecule has 0 bridgehead atoms. The van der Waals surface area contributed by atoms with Crippen molar-refractivity contribution in [3.63, 3.8) is 0 Å². The van der Waals surface area contributed by atoms with Gasteiger partial charge in [-0.1, -0.05) is 17.8 Å². The molecule has 2 aromatic carbocycles. The van der Waals surface area contributed by atoms with Crippen molar-refractivity contribution in [1.29, 1.82) is 0 Å². The van der Waals surface area contributed by atoms with E-state index in [1.165, 1.54) is 11.8 Å². The fourth-order valence-corrected chi connectivity index (χ4v) is 3.58. The van der Waals surface area contributed by atoms with E-state index in [4.69, 9.17) is 9.15 Å². The lowest BCUT2D eigenvalue weighted by molar-refractivity contribution is -0.113. The third-order valence-corrected chi connectivity index (χ3v) is 5.07. The summed E-state index contributed by atoms with van der Waals surface area (Å²) in [6.45, 7) is 2.54. The largest absolute Gasteiger partial charge is 0.494 e. The van der Waals surface area contributed by atoms with Crippen molar-refractivity contribution in [1.82, 2.24) is 18.9 Å². The van der Waals surface area contributed by atoms with Gasteiger partial charge in [-0.25, -0.2) is 0 Å². The van der Waals surface area contributed by atoms with E-state index in [2.05, 4.69) is 24.3 Å². The van der Waals surface area contributed by atoms with Gasteiger partial charge in [-0.2, -0.15) is 8.75 Å². The Morgan fingerprint density at radius 3 is 2.86 bits per heavy atom. The first-order valence-corrected chi connectivity index (χ1v) is 10.1. The summed E-state index contributed by atoms with van der Waals surface area (Å²) < 4.78 is 19.4. The summed E-state index contributed by atoms with van der Waals surface area (Å²) in [5.74, 6) is 1.12. The minimum Gasteiger partial charge on any atom is -0.494 e. The minimum absolute atomic E-state index is 0.138. The summed E-state index contributed by atoms with van der Waals surface area (Å²) in [6, 6.07) is 12.9. The van der Waals surface area contributed by atoms with Crippen molar-refractivity contribution in [3.8, 4) is 17.2 Å². The molecule has 0 fully saturated rings. The fraction of sp³-hybridized carbons (Fsp3) is 0.167. The van der Waals surface area contributed by atoms with Crippen LogP contribution in [-0.2, 0) is 4.79 Å². The summed E-state index contributed by atoms with van der Waals surface area (Å²) in [5, 5.41) is 11.2. The predicted molar refractivity (Wildman–Crippen MR) is 108 cm³/mol. The van der Waals surface area contributed by atoms with E-state index in [1.54, 1.807) is 6.07 Å². The van der Waals surface area contributed by atoms with E-state index >= 15 is 0 Å². The molecule has 0 unspecified atom stereocenters. The molecule has 0 aliphatic heterocycles. The van der Waals surface area contributed by atoms with Gasteiger partial charge in [0.25, 0.3) is 5.22 Å². The molecule has 4 rings (SSSR count). The van der Waals surface area contributed by atoms with Gasteiger partial charge in [0.1, 0.15) is 16.8 Å². The molecule has 1 N–H and O–H groups in total. The normalized spacial score (nSPS) is 10.9. The van der Waals surface area contributed by atoms with E-state index in [0.29, 0.717) is 28.9 Å². The predicted octanol–water partition coefficient (Wildman–Crippen LogP) is 3.87. The SMILES string of the molecule is CCOc1ccc(-c2nnc(SCC(=O)Nc3cccc4nsnc34)o2)cc1. The molecule has 1 amide bonds. The van der Waals surface area contributed by atoms with E-state index in [0.717, 1.165) is 28.6 Å². The van der Waals surface area contributed by atoms with Gasteiger partial charge in [0, 0.05) is 5.56 Å². The maximum Gasteiger partial charge on any atom is 0.277 e. The average Bonchev–Trinajstić information content (AvgIpc) is 3.37. The van der Waals surface area contributed by atoms with Gasteiger partial charge in [0.05, 0.1) is 29.8 Å². The Kier molecular flexibility index (Phi) is 5.49. The molecule has 0 saturated heterocycles. The molecule has 0 saturated carbocycles. The van der Waals surface area contributed by atoms with Crippen molar-refractivity contribution in [2.24, 2.45) is 0 Å². The summed E-state index contributed by atoms with van der Waals surface area (Å²) >= 11 is 2.28. The molecular formula is C18H15N5O3S2. The van der Waals surface area contributed by atoms with Gasteiger partial charge >= 0.3 is 0 Å². The number of fused-ring (bicyclic) bond motifs is 1. The lowest BCUT2D eigenvalue weighted by Crippen LogP contribution is -2.14. The van der Waals surface area contributed by atoms with Crippen LogP contribution in [0.4, 0.5) is 5.69 Å². The first-order chi connectivity index (χ1) is 13.7. The van der Waals surface area contributed by atoms with Crippen molar-refractivity contribution < 1.29 is 13.9 Å². The van der Waals surface area contributed by atoms with Gasteiger partial charge in [-0.3, -0.25) is 4.79 Å². The van der Waals surface area contributed by atoms with Crippen LogP contribution in [0.2, 0.25) is 0 Å². The molecule has 0 aliphatic rings. The average molecular weight is 413 g/mol. The van der Waals surface area contributed by atoms with Crippen molar-refractivity contribution in [2.45, 2.75) is 12.1 Å². The summed E-state index contributed by atoms with van der Waals surface area (Å²) in [7, 11) is 0. The first kappa shape index (κ1) is 18.4. The zero-order valence-electron chi connectivity index (χ0n) is 14.8. The number of amides is 1. The number of hydrogen-bond acceptors (Lipinski definition) is 9. The molecule has 28 heavy (non-hydrogen) atoms. The number of nitrogens with one attached hydrogen (secondary N) is 1. The molecule has 0 spiro atoms. The third-order valence-electron chi connectivity index (χ3n) is 3.71. The molecule has 4 aromatic rings. The fourth-order valence-electron chi connectivity index (χ4n) is 2.47. The van der Waals surface area contributed by atoms with Crippen molar-refractivity contribution >= 4 is 46.1 Å². The molecule has 142 valence electrons. The number of anilines is 1. The first-order valence-electron chi connectivity index (χ1n) is 8.43. The van der Waals surface area contributed by atoms with Crippen LogP contribution < -0.4 is 10.1 Å². The Morgan fingerprint density at radius 2 is 2.04 bits per heavy atom. The lowest BCUT2D eigenvalue weighted by atomic mass is 10.2. The lowest BCUT2D eigenvalue weighted by Gasteiger charge is -2.04. The Balaban J connectivity index is 1.36. The second-order valence-electron chi connectivity index (χ2n) is 5.60. The zero-order valence-corrected chi connectivity index (χ0v) is 16.4. The summed E-state index contributed by atoms with van der Waals surface area (Å²) in [4.78, 5) is 12.2. The van der Waals surface area contributed by atoms with Gasteiger partial charge in [-0.05, 0) is 43.3 Å². The number of carbonyl (C=O) groups excluding carboxylic acids is 1. The van der Waals surface area contributed by atoms with Gasteiger partial charge in [0.15, 0.2) is 0 Å². The van der Waals surface area contributed by atoms with Gasteiger partial charge in [-0.15, -0.1) is 10.2 Å². The topological polar surface area (TPSA) is 103 Å². The molecule has 10 heteroatoms. The van der Waals surface area contributed by atoms with Crippen molar-refractivity contribution in [2.75, 3.05) is 17.7 Å². The molecule has 0 atom stereocenters. The zero-order chi connectivity index (χ0) is 19.3. The summed E-state index contributed by atoms with van der Waals surface area (Å²) in [6.07, 6.45) is 0. The Labute approximate surface area is 168 Å². The Morgan fingerprint density at radius 1 is 1.18 bits per heavy atom. The standard InChI is InChI=1S/C18H15N5O3S2/c1-2-25-12-8-6-11(7-9-12)17-20-21-18(26-17)27-10-15(24)19-13-4-3-5-14-16(13)23-28-22-14/h3-9H,2,10H2,1H3,(H,19,24). The molecule has 2 aromatic heterocycles. The Bertz CT molecular complexity index is 1090. The van der Waals surface area contributed by atoms with Crippen LogP contribution in [0.1, 0.15) is 6.92 Å². The number of rotatable bonds is 7. The highest BCUT2D eigenvalue weighted by Gasteiger charge is 2.13. The maximum absolute atomic E-state index is 12.2. The van der Waals surface area contributed by atoms with E-state index in [9.17, 15) is 4.79 Å². The van der Waals surface area contributed by atoms with Crippen LogP contribution in [0.5, 0.6) is 5.75 Å². The smallest absolute Gasteiger partial charge is 0.277 e. The molecule has 2 heterocycles. The number of aromatic nitrogens is 4. The van der Waals surface area contributed by atoms with E-state index < -0.39 is 0 Å². The number of hydrogen-bond donors (Lipinski definition) is 1. The van der Waals surface area contributed by atoms with Crippen molar-refractivity contribution in [3.05, 3.63) is 42.5 Å². The number of ether oxygens (including phenoxy) is 1. The molecule has 0 radical (unpaired) electrons. The second kappa shape index (κ2) is 8.36. The van der Waals surface area contributed by atoms with Crippen LogP contribution in [0.3, 0.4) is 0 Å². The second-order valence-corrected chi connectivity index (χ2v) is 7.06. The maximum atomic E-state index is 12.2. The van der Waals surface area contributed by atoms with Crippen LogP contribution in [0.25, 0.3) is 22.5 Å². The van der Waals surface area contributed by atoms with Gasteiger partial charge in [0.2, 0.25) is 11.8 Å². The number of carbonyl (C=O) groups is 1. The van der Waals surface area contributed by atoms with E-state index in [-0.39, 0.29) is 11.7 Å². The third kappa shape index (κ3) is 4.12. The highest BCUT2D eigenvalue weighted by Crippen LogP contribution is 2.26. The molecule has 0 aliphatic carbocycles. The van der Waals surface area contributed by atoms with Crippen LogP contribution in [0, 0.1) is 0 Å². The minimum atomic E-state index is -0.189. The highest BCUT2D eigenvalue weighted by atomic mass is 32.2. The van der Waals surface area contributed by atoms with Crippen LogP contribution in [0.15, 0.2) is 52.1 Å². The highest BCUT2D eigenvalue weighted by molar-refractivity contribution is 7.99. The number of nitrogens with zero attached hydrogens (tertiary/aromatic N) is 4. The van der Waals surface area contributed by atoms with E-state index in [1.807, 2.05) is 43.3 Å². The van der Waals surface area contributed by atoms with Gasteiger partial charge < -0.3 is 14.5 Å². The monoisotopic (exact) mass is 413 g/mol. The molecule has 8 nitrogen and oxygen atoms in total.